The molecule has 9 aromatic carbocycles. The molecule has 0 unspecified atom stereocenters. The van der Waals surface area contributed by atoms with Gasteiger partial charge in [-0.25, -0.2) is 15.0 Å². The average Bonchev–Trinajstić information content (AvgIpc) is 3.67. The molecule has 11 rings (SSSR count). The second-order valence-corrected chi connectivity index (χ2v) is 14.4. The van der Waals surface area contributed by atoms with E-state index in [1.54, 1.807) is 0 Å². The first-order valence-electron chi connectivity index (χ1n) is 19.2. The first kappa shape index (κ1) is 32.7. The van der Waals surface area contributed by atoms with Gasteiger partial charge in [0, 0.05) is 32.8 Å². The summed E-state index contributed by atoms with van der Waals surface area (Å²) in [6, 6.07) is 69.9. The Hall–Kier alpha value is -7.69. The second-order valence-electron chi connectivity index (χ2n) is 14.4. The number of hydrogen-bond acceptors (Lipinski definition) is 4. The Morgan fingerprint density at radius 2 is 0.807 bits per heavy atom. The second kappa shape index (κ2) is 13.6. The molecule has 0 spiro atoms. The van der Waals surface area contributed by atoms with Gasteiger partial charge in [-0.1, -0.05) is 170 Å². The maximum absolute atomic E-state index is 6.64. The fourth-order valence-electron chi connectivity index (χ4n) is 8.00. The quantitative estimate of drug-likeness (QED) is 0.171. The van der Waals surface area contributed by atoms with E-state index in [9.17, 15) is 0 Å². The molecule has 0 N–H and O–H groups in total. The van der Waals surface area contributed by atoms with Gasteiger partial charge in [0.05, 0.1) is 0 Å². The largest absolute Gasteiger partial charge is 0.455 e. The number of aromatic nitrogens is 3. The highest BCUT2D eigenvalue weighted by atomic mass is 16.3. The van der Waals surface area contributed by atoms with Crippen LogP contribution in [0.5, 0.6) is 0 Å². The Morgan fingerprint density at radius 1 is 0.281 bits per heavy atom. The molecule has 2 aromatic heterocycles. The minimum Gasteiger partial charge on any atom is -0.455 e. The Labute approximate surface area is 329 Å². The number of furan rings is 1. The predicted octanol–water partition coefficient (Wildman–Crippen LogP) is 14.1. The maximum Gasteiger partial charge on any atom is 0.164 e. The lowest BCUT2D eigenvalue weighted by molar-refractivity contribution is 0.673. The number of rotatable bonds is 6. The molecule has 0 aliphatic carbocycles. The van der Waals surface area contributed by atoms with Crippen molar-refractivity contribution in [1.82, 2.24) is 15.0 Å². The van der Waals surface area contributed by atoms with Crippen LogP contribution in [0.1, 0.15) is 0 Å². The molecule has 0 saturated carbocycles. The van der Waals surface area contributed by atoms with Crippen LogP contribution in [-0.2, 0) is 0 Å². The molecule has 2 heterocycles. The summed E-state index contributed by atoms with van der Waals surface area (Å²) in [5.74, 6) is 1.87. The lowest BCUT2D eigenvalue weighted by Crippen LogP contribution is -2.00. The number of fused-ring (bicyclic) bond motifs is 6. The molecule has 4 nitrogen and oxygen atoms in total. The van der Waals surface area contributed by atoms with Gasteiger partial charge >= 0.3 is 0 Å². The number of hydrogen-bond donors (Lipinski definition) is 0. The van der Waals surface area contributed by atoms with Crippen molar-refractivity contribution in [2.24, 2.45) is 0 Å². The topological polar surface area (TPSA) is 51.8 Å². The predicted molar refractivity (Wildman–Crippen MR) is 235 cm³/mol. The van der Waals surface area contributed by atoms with Crippen LogP contribution >= 0.6 is 0 Å². The standard InChI is InChI=1S/C53H33N3O/c1-3-12-34(13-4-1)41-28-29-45-48-33-47(44-20-9-10-21-46(44)50(48)57-49(45)32-41)42-18-11-19-43(31-42)53-55-51(37-15-5-2-6-16-37)54-52(56-53)38-25-22-36(23-26-38)40-27-24-35-14-7-8-17-39(35)30-40/h1-33H. The fourth-order valence-corrected chi connectivity index (χ4v) is 8.00. The van der Waals surface area contributed by atoms with Crippen LogP contribution in [0, 0.1) is 0 Å². The van der Waals surface area contributed by atoms with Crippen molar-refractivity contribution in [2.45, 2.75) is 0 Å². The van der Waals surface area contributed by atoms with Gasteiger partial charge in [-0.15, -0.1) is 0 Å². The van der Waals surface area contributed by atoms with Gasteiger partial charge in [-0.2, -0.15) is 0 Å². The average molecular weight is 728 g/mol. The Morgan fingerprint density at radius 3 is 1.58 bits per heavy atom. The molecule has 0 aliphatic heterocycles. The molecule has 0 atom stereocenters. The third-order valence-electron chi connectivity index (χ3n) is 10.9. The highest BCUT2D eigenvalue weighted by molar-refractivity contribution is 6.19. The van der Waals surface area contributed by atoms with E-state index in [0.717, 1.165) is 77.2 Å². The minimum absolute atomic E-state index is 0.617. The molecular formula is C53H33N3O. The summed E-state index contributed by atoms with van der Waals surface area (Å²) in [5.41, 5.74) is 11.3. The zero-order valence-corrected chi connectivity index (χ0v) is 30.8. The van der Waals surface area contributed by atoms with Gasteiger partial charge in [0.15, 0.2) is 17.5 Å². The zero-order chi connectivity index (χ0) is 37.7. The van der Waals surface area contributed by atoms with Crippen LogP contribution in [0.2, 0.25) is 0 Å². The van der Waals surface area contributed by atoms with E-state index in [1.165, 1.54) is 16.3 Å². The molecule has 0 aliphatic rings. The van der Waals surface area contributed by atoms with E-state index < -0.39 is 0 Å². The molecule has 266 valence electrons. The normalized spacial score (nSPS) is 11.5. The lowest BCUT2D eigenvalue weighted by atomic mass is 9.94. The summed E-state index contributed by atoms with van der Waals surface area (Å²) in [6.45, 7) is 0. The van der Waals surface area contributed by atoms with Crippen molar-refractivity contribution in [3.05, 3.63) is 200 Å². The van der Waals surface area contributed by atoms with E-state index in [1.807, 2.05) is 36.4 Å². The first-order chi connectivity index (χ1) is 28.2. The summed E-state index contributed by atoms with van der Waals surface area (Å²) in [7, 11) is 0. The fraction of sp³-hybridized carbons (Fsp3) is 0. The van der Waals surface area contributed by atoms with Gasteiger partial charge in [0.1, 0.15) is 11.2 Å². The summed E-state index contributed by atoms with van der Waals surface area (Å²) in [4.78, 5) is 15.2. The van der Waals surface area contributed by atoms with E-state index in [4.69, 9.17) is 19.4 Å². The van der Waals surface area contributed by atoms with Crippen LogP contribution in [0.15, 0.2) is 205 Å². The van der Waals surface area contributed by atoms with Gasteiger partial charge in [-0.05, 0) is 79.9 Å². The monoisotopic (exact) mass is 727 g/mol. The number of benzene rings is 9. The summed E-state index contributed by atoms with van der Waals surface area (Å²) in [5, 5.41) is 6.83. The molecule has 4 heteroatoms. The SMILES string of the molecule is c1ccc(-c2ccc3c(c2)oc2c4ccccc4c(-c4cccc(-c5nc(-c6ccccc6)nc(-c6ccc(-c7ccc8ccccc8c7)cc6)n5)c4)cc32)cc1. The molecule has 0 radical (unpaired) electrons. The maximum atomic E-state index is 6.64. The third kappa shape index (κ3) is 5.92. The molecule has 11 aromatic rings. The highest BCUT2D eigenvalue weighted by Gasteiger charge is 2.18. The van der Waals surface area contributed by atoms with Crippen molar-refractivity contribution >= 4 is 43.5 Å². The number of nitrogens with zero attached hydrogens (tertiary/aromatic N) is 3. The van der Waals surface area contributed by atoms with Gasteiger partial charge in [0.2, 0.25) is 0 Å². The lowest BCUT2D eigenvalue weighted by Gasteiger charge is -2.12. The minimum atomic E-state index is 0.617. The van der Waals surface area contributed by atoms with E-state index in [0.29, 0.717) is 17.5 Å². The van der Waals surface area contributed by atoms with E-state index in [2.05, 4.69) is 164 Å². The zero-order valence-electron chi connectivity index (χ0n) is 30.8. The van der Waals surface area contributed by atoms with Gasteiger partial charge in [0.25, 0.3) is 0 Å². The summed E-state index contributed by atoms with van der Waals surface area (Å²) >= 11 is 0. The van der Waals surface area contributed by atoms with Crippen LogP contribution in [0.4, 0.5) is 0 Å². The van der Waals surface area contributed by atoms with E-state index in [-0.39, 0.29) is 0 Å². The Bertz CT molecular complexity index is 3280. The molecule has 0 bridgehead atoms. The molecule has 57 heavy (non-hydrogen) atoms. The molecular weight excluding hydrogens is 695 g/mol. The molecule has 0 amide bonds. The van der Waals surface area contributed by atoms with Crippen molar-refractivity contribution in [2.75, 3.05) is 0 Å². The summed E-state index contributed by atoms with van der Waals surface area (Å²) in [6.07, 6.45) is 0. The third-order valence-corrected chi connectivity index (χ3v) is 10.9. The first-order valence-corrected chi connectivity index (χ1v) is 19.2. The van der Waals surface area contributed by atoms with Gasteiger partial charge < -0.3 is 4.42 Å². The van der Waals surface area contributed by atoms with Crippen molar-refractivity contribution in [1.29, 1.82) is 0 Å². The molecule has 0 saturated heterocycles. The van der Waals surface area contributed by atoms with Crippen LogP contribution in [0.25, 0.3) is 111 Å². The summed E-state index contributed by atoms with van der Waals surface area (Å²) < 4.78 is 6.64. The van der Waals surface area contributed by atoms with Crippen molar-refractivity contribution < 1.29 is 4.42 Å². The molecule has 0 fully saturated rings. The Balaban J connectivity index is 1.02. The Kier molecular flexibility index (Phi) is 7.78. The van der Waals surface area contributed by atoms with Crippen LogP contribution < -0.4 is 0 Å². The van der Waals surface area contributed by atoms with E-state index >= 15 is 0 Å². The van der Waals surface area contributed by atoms with Crippen molar-refractivity contribution in [3.63, 3.8) is 0 Å². The van der Waals surface area contributed by atoms with Crippen molar-refractivity contribution in [3.8, 4) is 67.5 Å². The smallest absolute Gasteiger partial charge is 0.164 e. The van der Waals surface area contributed by atoms with Gasteiger partial charge in [-0.3, -0.25) is 0 Å². The van der Waals surface area contributed by atoms with Crippen LogP contribution in [0.3, 0.4) is 0 Å². The highest BCUT2D eigenvalue weighted by Crippen LogP contribution is 2.41. The van der Waals surface area contributed by atoms with Crippen LogP contribution in [-0.4, -0.2) is 15.0 Å².